The number of aromatic amines is 1. The molecule has 1 heterocycles. The molecule has 1 aromatic heterocycles. The number of hydrogen-bond donors (Lipinski definition) is 3. The van der Waals surface area contributed by atoms with Gasteiger partial charge in [-0.05, 0) is 48.4 Å². The first-order chi connectivity index (χ1) is 18.5. The van der Waals surface area contributed by atoms with Crippen LogP contribution in [0.3, 0.4) is 0 Å². The number of rotatable bonds is 10. The predicted octanol–water partition coefficient (Wildman–Crippen LogP) is 3.34. The molecule has 38 heavy (non-hydrogen) atoms. The van der Waals surface area contributed by atoms with Gasteiger partial charge in [0.1, 0.15) is 5.69 Å². The topological polar surface area (TPSA) is 135 Å². The first kappa shape index (κ1) is 26.1. The summed E-state index contributed by atoms with van der Waals surface area (Å²) >= 11 is 0. The lowest BCUT2D eigenvalue weighted by molar-refractivity contribution is -0.123. The first-order valence-electron chi connectivity index (χ1n) is 12.0. The smallest absolute Gasteiger partial charge is 0.272 e. The molecule has 1 unspecified atom stereocenters. The molecule has 0 aliphatic heterocycles. The van der Waals surface area contributed by atoms with Crippen LogP contribution in [0.25, 0.3) is 10.8 Å². The van der Waals surface area contributed by atoms with E-state index in [0.29, 0.717) is 40.0 Å². The summed E-state index contributed by atoms with van der Waals surface area (Å²) in [5.41, 5.74) is 3.25. The Morgan fingerprint density at radius 2 is 1.76 bits per heavy atom. The number of nitrogens with one attached hydrogen (secondary N) is 3. The van der Waals surface area contributed by atoms with Crippen LogP contribution in [-0.4, -0.2) is 41.9 Å². The maximum atomic E-state index is 13.3. The van der Waals surface area contributed by atoms with Crippen LogP contribution in [0.4, 0.5) is 0 Å². The molecule has 10 heteroatoms. The Hall–Kier alpha value is -4.99. The highest BCUT2D eigenvalue weighted by molar-refractivity contribution is 5.99. The fraction of sp³-hybridized carbons (Fsp3) is 0.179. The van der Waals surface area contributed by atoms with Crippen LogP contribution in [0.2, 0.25) is 0 Å². The van der Waals surface area contributed by atoms with Crippen LogP contribution >= 0.6 is 0 Å². The number of ether oxygens (including phenoxy) is 2. The molecule has 3 aromatic carbocycles. The molecule has 0 saturated heterocycles. The Morgan fingerprint density at radius 1 is 1.03 bits per heavy atom. The second-order valence-corrected chi connectivity index (χ2v) is 8.25. The highest BCUT2D eigenvalue weighted by Crippen LogP contribution is 2.27. The van der Waals surface area contributed by atoms with Crippen LogP contribution in [0, 0.1) is 0 Å². The minimum atomic E-state index is -1.25. The summed E-state index contributed by atoms with van der Waals surface area (Å²) < 4.78 is 11.0. The van der Waals surface area contributed by atoms with Gasteiger partial charge in [0, 0.05) is 10.9 Å². The second kappa shape index (κ2) is 12.3. The molecule has 0 bridgehead atoms. The molecular formula is C28H27N5O5. The van der Waals surface area contributed by atoms with E-state index >= 15 is 0 Å². The van der Waals surface area contributed by atoms with Gasteiger partial charge in [-0.2, -0.15) is 10.2 Å². The van der Waals surface area contributed by atoms with E-state index in [-0.39, 0.29) is 5.69 Å². The fourth-order valence-corrected chi connectivity index (χ4v) is 3.75. The molecule has 0 spiro atoms. The van der Waals surface area contributed by atoms with Crippen molar-refractivity contribution >= 4 is 28.8 Å². The van der Waals surface area contributed by atoms with Crippen molar-refractivity contribution in [1.29, 1.82) is 0 Å². The van der Waals surface area contributed by atoms with Gasteiger partial charge in [-0.15, -0.1) is 0 Å². The third-order valence-electron chi connectivity index (χ3n) is 5.61. The Balaban J connectivity index is 1.61. The minimum Gasteiger partial charge on any atom is -0.493 e. The highest BCUT2D eigenvalue weighted by atomic mass is 16.5. The molecule has 0 aliphatic carbocycles. The number of carbonyl (C=O) groups excluding carboxylic acids is 2. The summed E-state index contributed by atoms with van der Waals surface area (Å²) in [6.45, 7) is 2.57. The summed E-state index contributed by atoms with van der Waals surface area (Å²) in [5, 5.41) is 14.0. The first-order valence-corrected chi connectivity index (χ1v) is 12.0. The molecule has 0 fully saturated rings. The van der Waals surface area contributed by atoms with Gasteiger partial charge in [0.05, 0.1) is 25.3 Å². The molecule has 4 rings (SSSR count). The molecule has 194 valence electrons. The molecule has 0 saturated carbocycles. The Labute approximate surface area is 218 Å². The Morgan fingerprint density at radius 3 is 2.50 bits per heavy atom. The van der Waals surface area contributed by atoms with Gasteiger partial charge in [0.15, 0.2) is 17.5 Å². The van der Waals surface area contributed by atoms with Crippen LogP contribution in [-0.2, 0) is 4.79 Å². The van der Waals surface area contributed by atoms with Crippen molar-refractivity contribution in [1.82, 2.24) is 20.9 Å². The number of hydrazone groups is 1. The molecule has 4 aromatic rings. The molecule has 3 N–H and O–H groups in total. The lowest BCUT2D eigenvalue weighted by Crippen LogP contribution is -2.40. The van der Waals surface area contributed by atoms with Crippen molar-refractivity contribution in [3.63, 3.8) is 0 Å². The Kier molecular flexibility index (Phi) is 8.45. The molecule has 2 amide bonds. The van der Waals surface area contributed by atoms with E-state index in [2.05, 4.69) is 26.0 Å². The van der Waals surface area contributed by atoms with E-state index < -0.39 is 23.4 Å². The molecule has 0 aliphatic rings. The van der Waals surface area contributed by atoms with Crippen molar-refractivity contribution in [2.75, 3.05) is 13.7 Å². The van der Waals surface area contributed by atoms with E-state index in [1.807, 2.05) is 6.92 Å². The normalized spacial score (nSPS) is 11.7. The third-order valence-corrected chi connectivity index (χ3v) is 5.61. The second-order valence-electron chi connectivity index (χ2n) is 8.25. The van der Waals surface area contributed by atoms with Gasteiger partial charge in [-0.25, -0.2) is 10.5 Å². The van der Waals surface area contributed by atoms with Gasteiger partial charge in [0.2, 0.25) is 0 Å². The lowest BCUT2D eigenvalue weighted by atomic mass is 10.0. The monoisotopic (exact) mass is 513 g/mol. The Bertz CT molecular complexity index is 1520. The number of nitrogens with zero attached hydrogens (tertiary/aromatic N) is 2. The molecule has 1 atom stereocenters. The van der Waals surface area contributed by atoms with Gasteiger partial charge in [0.25, 0.3) is 17.4 Å². The van der Waals surface area contributed by atoms with Crippen molar-refractivity contribution in [3.8, 4) is 11.5 Å². The average molecular weight is 514 g/mol. The van der Waals surface area contributed by atoms with Gasteiger partial charge in [-0.3, -0.25) is 14.4 Å². The third kappa shape index (κ3) is 6.04. The zero-order valence-corrected chi connectivity index (χ0v) is 20.9. The zero-order chi connectivity index (χ0) is 26.9. The highest BCUT2D eigenvalue weighted by Gasteiger charge is 2.27. The van der Waals surface area contributed by atoms with E-state index in [4.69, 9.17) is 9.47 Å². The summed E-state index contributed by atoms with van der Waals surface area (Å²) in [4.78, 5) is 38.5. The zero-order valence-electron chi connectivity index (χ0n) is 20.9. The number of aromatic nitrogens is 2. The summed E-state index contributed by atoms with van der Waals surface area (Å²) in [6.07, 6.45) is 2.30. The number of carbonyl (C=O) groups is 2. The number of H-pyrrole nitrogens is 1. The molecule has 10 nitrogen and oxygen atoms in total. The SMILES string of the molecule is CCCOc1ccc(/C=N/NC(=O)C(NC(=O)c2ccccc2)c2n[nH]c(=O)c3ccccc23)cc1OC. The lowest BCUT2D eigenvalue weighted by Gasteiger charge is -2.18. The quantitative estimate of drug-likeness (QED) is 0.220. The summed E-state index contributed by atoms with van der Waals surface area (Å²) in [5.74, 6) is 0.00481. The maximum absolute atomic E-state index is 13.3. The largest absolute Gasteiger partial charge is 0.493 e. The van der Waals surface area contributed by atoms with Crippen LogP contribution in [0.1, 0.15) is 41.0 Å². The maximum Gasteiger partial charge on any atom is 0.272 e. The standard InChI is InChI=1S/C28H27N5O5/c1-3-15-38-22-14-13-18(16-23(22)37-2)17-29-32-28(36)25(30-26(34)19-9-5-4-6-10-19)24-20-11-7-8-12-21(20)27(35)33-31-24/h4-14,16-17,25H,3,15H2,1-2H3,(H,30,34)(H,32,36)(H,33,35)/b29-17+. The van der Waals surface area contributed by atoms with Crippen LogP contribution in [0.5, 0.6) is 11.5 Å². The predicted molar refractivity (Wildman–Crippen MR) is 144 cm³/mol. The van der Waals surface area contributed by atoms with Crippen molar-refractivity contribution in [2.24, 2.45) is 5.10 Å². The number of benzene rings is 3. The van der Waals surface area contributed by atoms with Crippen molar-refractivity contribution < 1.29 is 19.1 Å². The van der Waals surface area contributed by atoms with E-state index in [1.54, 1.807) is 79.9 Å². The van der Waals surface area contributed by atoms with E-state index in [9.17, 15) is 14.4 Å². The minimum absolute atomic E-state index is 0.177. The molecule has 0 radical (unpaired) electrons. The van der Waals surface area contributed by atoms with E-state index in [1.165, 1.54) is 6.21 Å². The number of fused-ring (bicyclic) bond motifs is 1. The van der Waals surface area contributed by atoms with Gasteiger partial charge >= 0.3 is 0 Å². The van der Waals surface area contributed by atoms with E-state index in [0.717, 1.165) is 6.42 Å². The van der Waals surface area contributed by atoms with Crippen LogP contribution < -0.4 is 25.8 Å². The van der Waals surface area contributed by atoms with Gasteiger partial charge < -0.3 is 14.8 Å². The molecular weight excluding hydrogens is 486 g/mol. The van der Waals surface area contributed by atoms with Crippen molar-refractivity contribution in [3.05, 3.63) is 100.0 Å². The summed E-state index contributed by atoms with van der Waals surface area (Å²) in [7, 11) is 1.54. The number of amides is 2. The number of hydrogen-bond acceptors (Lipinski definition) is 7. The average Bonchev–Trinajstić information content (AvgIpc) is 2.96. The fourth-order valence-electron chi connectivity index (χ4n) is 3.75. The van der Waals surface area contributed by atoms with Crippen molar-refractivity contribution in [2.45, 2.75) is 19.4 Å². The number of methoxy groups -OCH3 is 1. The van der Waals surface area contributed by atoms with Crippen LogP contribution in [0.15, 0.2) is 82.7 Å². The summed E-state index contributed by atoms with van der Waals surface area (Å²) in [6, 6.07) is 19.2. The van der Waals surface area contributed by atoms with Gasteiger partial charge in [-0.1, -0.05) is 43.3 Å².